The monoisotopic (exact) mass is 179 g/mol. The van der Waals surface area contributed by atoms with Crippen molar-refractivity contribution in [1.29, 1.82) is 0 Å². The van der Waals surface area contributed by atoms with Crippen LogP contribution in [-0.2, 0) is 13.5 Å². The first-order valence-electron chi connectivity index (χ1n) is 4.49. The topological polar surface area (TPSA) is 30.7 Å². The van der Waals surface area contributed by atoms with Gasteiger partial charge < -0.3 is 4.57 Å². The molecule has 0 atom stereocenters. The normalized spacial score (nSPS) is 11.6. The van der Waals surface area contributed by atoms with E-state index in [-0.39, 0.29) is 5.41 Å². The zero-order valence-corrected chi connectivity index (χ0v) is 8.62. The number of aromatic nitrogens is 3. The molecule has 0 aliphatic heterocycles. The Morgan fingerprint density at radius 3 is 2.77 bits per heavy atom. The Bertz CT molecular complexity index is 286. The van der Waals surface area contributed by atoms with E-state index in [0.717, 1.165) is 18.7 Å². The summed E-state index contributed by atoms with van der Waals surface area (Å²) in [5, 5.41) is 7.92. The van der Waals surface area contributed by atoms with Gasteiger partial charge in [0, 0.05) is 13.5 Å². The van der Waals surface area contributed by atoms with Crippen LogP contribution in [0.25, 0.3) is 0 Å². The van der Waals surface area contributed by atoms with Crippen LogP contribution in [-0.4, -0.2) is 14.8 Å². The van der Waals surface area contributed by atoms with E-state index in [1.165, 1.54) is 0 Å². The van der Waals surface area contributed by atoms with Gasteiger partial charge >= 0.3 is 0 Å². The first-order valence-corrected chi connectivity index (χ1v) is 4.49. The molecule has 0 radical (unpaired) electrons. The molecular formula is C10H17N3. The van der Waals surface area contributed by atoms with Crippen LogP contribution in [0.2, 0.25) is 0 Å². The molecule has 0 spiro atoms. The zero-order valence-electron chi connectivity index (χ0n) is 8.62. The molecule has 13 heavy (non-hydrogen) atoms. The van der Waals surface area contributed by atoms with Crippen LogP contribution in [0.4, 0.5) is 0 Å². The maximum absolute atomic E-state index is 4.06. The van der Waals surface area contributed by atoms with E-state index in [2.05, 4.69) is 30.6 Å². The molecule has 0 aliphatic carbocycles. The fraction of sp³-hybridized carbons (Fsp3) is 0.600. The first-order chi connectivity index (χ1) is 6.05. The van der Waals surface area contributed by atoms with Crippen molar-refractivity contribution >= 4 is 0 Å². The second-order valence-electron chi connectivity index (χ2n) is 4.19. The van der Waals surface area contributed by atoms with E-state index < -0.39 is 0 Å². The molecule has 0 aromatic carbocycles. The summed E-state index contributed by atoms with van der Waals surface area (Å²) < 4.78 is 1.96. The van der Waals surface area contributed by atoms with Gasteiger partial charge in [0.15, 0.2) is 0 Å². The minimum absolute atomic E-state index is 0.225. The zero-order chi connectivity index (χ0) is 9.90. The van der Waals surface area contributed by atoms with Crippen LogP contribution < -0.4 is 0 Å². The molecule has 0 saturated carbocycles. The molecular weight excluding hydrogens is 162 g/mol. The van der Waals surface area contributed by atoms with Gasteiger partial charge in [-0.3, -0.25) is 0 Å². The maximum Gasteiger partial charge on any atom is 0.133 e. The Morgan fingerprint density at radius 2 is 2.31 bits per heavy atom. The number of aryl methyl sites for hydroxylation is 1. The molecule has 1 aromatic heterocycles. The lowest BCUT2D eigenvalue weighted by atomic mass is 9.85. The van der Waals surface area contributed by atoms with E-state index >= 15 is 0 Å². The summed E-state index contributed by atoms with van der Waals surface area (Å²) in [7, 11) is 1.97. The summed E-state index contributed by atoms with van der Waals surface area (Å²) in [5.41, 5.74) is 0.225. The second-order valence-corrected chi connectivity index (χ2v) is 4.19. The average Bonchev–Trinajstić information content (AvgIpc) is 2.35. The Balaban J connectivity index is 2.68. The number of allylic oxidation sites excluding steroid dienone is 1. The van der Waals surface area contributed by atoms with Gasteiger partial charge in [-0.05, 0) is 11.8 Å². The largest absolute Gasteiger partial charge is 0.321 e. The highest BCUT2D eigenvalue weighted by molar-refractivity contribution is 4.92. The van der Waals surface area contributed by atoms with Crippen molar-refractivity contribution in [2.45, 2.75) is 26.7 Å². The average molecular weight is 179 g/mol. The van der Waals surface area contributed by atoms with Crippen molar-refractivity contribution in [3.05, 3.63) is 24.8 Å². The molecule has 0 aliphatic rings. The molecule has 0 amide bonds. The van der Waals surface area contributed by atoms with Crippen molar-refractivity contribution in [1.82, 2.24) is 14.8 Å². The first kappa shape index (κ1) is 9.96. The molecule has 1 aromatic rings. The Kier molecular flexibility index (Phi) is 2.86. The molecule has 72 valence electrons. The minimum atomic E-state index is 0.225. The highest BCUT2D eigenvalue weighted by Gasteiger charge is 2.19. The van der Waals surface area contributed by atoms with Crippen LogP contribution in [0, 0.1) is 5.41 Å². The lowest BCUT2D eigenvalue weighted by Crippen LogP contribution is -2.16. The molecule has 1 heterocycles. The van der Waals surface area contributed by atoms with Gasteiger partial charge in [-0.2, -0.15) is 0 Å². The Morgan fingerprint density at radius 1 is 1.62 bits per heavy atom. The van der Waals surface area contributed by atoms with E-state index in [1.807, 2.05) is 17.7 Å². The van der Waals surface area contributed by atoms with Crippen LogP contribution in [0.5, 0.6) is 0 Å². The smallest absolute Gasteiger partial charge is 0.133 e. The van der Waals surface area contributed by atoms with Crippen molar-refractivity contribution < 1.29 is 0 Å². The summed E-state index contributed by atoms with van der Waals surface area (Å²) in [5.74, 6) is 1.03. The van der Waals surface area contributed by atoms with Gasteiger partial charge in [0.25, 0.3) is 0 Å². The molecule has 0 unspecified atom stereocenters. The third-order valence-corrected chi connectivity index (χ3v) is 2.14. The molecule has 0 N–H and O–H groups in total. The maximum atomic E-state index is 4.06. The summed E-state index contributed by atoms with van der Waals surface area (Å²) in [4.78, 5) is 0. The highest BCUT2D eigenvalue weighted by atomic mass is 15.2. The van der Waals surface area contributed by atoms with Gasteiger partial charge in [-0.25, -0.2) is 0 Å². The summed E-state index contributed by atoms with van der Waals surface area (Å²) in [6.07, 6.45) is 5.63. The van der Waals surface area contributed by atoms with E-state index in [1.54, 1.807) is 6.33 Å². The molecule has 3 heteroatoms. The molecule has 0 bridgehead atoms. The summed E-state index contributed by atoms with van der Waals surface area (Å²) in [6.45, 7) is 8.18. The van der Waals surface area contributed by atoms with E-state index in [9.17, 15) is 0 Å². The van der Waals surface area contributed by atoms with Crippen molar-refractivity contribution in [3.8, 4) is 0 Å². The van der Waals surface area contributed by atoms with Crippen LogP contribution in [0.3, 0.4) is 0 Å². The van der Waals surface area contributed by atoms with Crippen LogP contribution in [0.15, 0.2) is 19.0 Å². The van der Waals surface area contributed by atoms with Crippen molar-refractivity contribution in [3.63, 3.8) is 0 Å². The van der Waals surface area contributed by atoms with Crippen LogP contribution >= 0.6 is 0 Å². The number of nitrogens with zero attached hydrogens (tertiary/aromatic N) is 3. The second kappa shape index (κ2) is 3.73. The third-order valence-electron chi connectivity index (χ3n) is 2.14. The van der Waals surface area contributed by atoms with E-state index in [4.69, 9.17) is 0 Å². The summed E-state index contributed by atoms with van der Waals surface area (Å²) >= 11 is 0. The number of rotatable bonds is 4. The van der Waals surface area contributed by atoms with Crippen molar-refractivity contribution in [2.75, 3.05) is 0 Å². The summed E-state index contributed by atoms with van der Waals surface area (Å²) in [6, 6.07) is 0. The quantitative estimate of drug-likeness (QED) is 0.661. The molecule has 3 nitrogen and oxygen atoms in total. The predicted molar refractivity (Wildman–Crippen MR) is 53.3 cm³/mol. The molecule has 1 rings (SSSR count). The Hall–Kier alpha value is -1.12. The van der Waals surface area contributed by atoms with Gasteiger partial charge in [-0.15, -0.1) is 16.8 Å². The lowest BCUT2D eigenvalue weighted by Gasteiger charge is -2.21. The SMILES string of the molecule is C=CCC(C)(C)Cc1nncn1C. The lowest BCUT2D eigenvalue weighted by molar-refractivity contribution is 0.356. The number of hydrogen-bond donors (Lipinski definition) is 0. The standard InChI is InChI=1S/C10H17N3/c1-5-6-10(2,3)7-9-12-11-8-13(9)4/h5,8H,1,6-7H2,2-4H3. The minimum Gasteiger partial charge on any atom is -0.321 e. The van der Waals surface area contributed by atoms with Crippen LogP contribution in [0.1, 0.15) is 26.1 Å². The predicted octanol–water partition coefficient (Wildman–Crippen LogP) is 1.96. The fourth-order valence-electron chi connectivity index (χ4n) is 1.36. The van der Waals surface area contributed by atoms with Gasteiger partial charge in [-0.1, -0.05) is 19.9 Å². The highest BCUT2D eigenvalue weighted by Crippen LogP contribution is 2.24. The number of hydrogen-bond acceptors (Lipinski definition) is 2. The third kappa shape index (κ3) is 2.68. The van der Waals surface area contributed by atoms with Gasteiger partial charge in [0.1, 0.15) is 12.2 Å². The van der Waals surface area contributed by atoms with Crippen molar-refractivity contribution in [2.24, 2.45) is 12.5 Å². The van der Waals surface area contributed by atoms with E-state index in [0.29, 0.717) is 0 Å². The Labute approximate surface area is 79.5 Å². The molecule has 0 saturated heterocycles. The van der Waals surface area contributed by atoms with Gasteiger partial charge in [0.05, 0.1) is 0 Å². The fourth-order valence-corrected chi connectivity index (χ4v) is 1.36. The molecule has 0 fully saturated rings. The van der Waals surface area contributed by atoms with Gasteiger partial charge in [0.2, 0.25) is 0 Å².